The Hall–Kier alpha value is -8.78. The molecule has 0 N–H and O–H groups in total. The van der Waals surface area contributed by atoms with Gasteiger partial charge >= 0.3 is 0 Å². The first-order chi connectivity index (χ1) is 32.5. The normalized spacial score (nSPS) is 11.5. The van der Waals surface area contributed by atoms with Gasteiger partial charge in [0.05, 0.1) is 51.4 Å². The monoisotopic (exact) mass is 842 g/mol. The first-order valence-corrected chi connectivity index (χ1v) is 22.4. The molecule has 0 atom stereocenters. The van der Waals surface area contributed by atoms with E-state index in [1.165, 1.54) is 33.4 Å². The molecule has 9 aromatic carbocycles. The third-order valence-electron chi connectivity index (χ3n) is 13.0. The molecule has 66 heavy (non-hydrogen) atoms. The second kappa shape index (κ2) is 15.8. The molecular formula is C62H42N4. The van der Waals surface area contributed by atoms with Gasteiger partial charge < -0.3 is 9.13 Å². The van der Waals surface area contributed by atoms with Crippen LogP contribution in [0, 0.1) is 20.4 Å². The Bertz CT molecular complexity index is 3850. The van der Waals surface area contributed by atoms with Crippen LogP contribution in [-0.2, 0) is 0 Å². The molecule has 0 unspecified atom stereocenters. The quantitative estimate of drug-likeness (QED) is 0.147. The molecule has 0 aliphatic heterocycles. The second-order valence-electron chi connectivity index (χ2n) is 17.2. The lowest BCUT2D eigenvalue weighted by Crippen LogP contribution is -2.04. The molecular weight excluding hydrogens is 801 g/mol. The molecule has 4 heteroatoms. The van der Waals surface area contributed by atoms with Crippen molar-refractivity contribution < 1.29 is 0 Å². The van der Waals surface area contributed by atoms with Gasteiger partial charge in [-0.3, -0.25) is 0 Å². The van der Waals surface area contributed by atoms with Crippen LogP contribution in [0.4, 0.5) is 5.69 Å². The molecule has 3 heterocycles. The van der Waals surface area contributed by atoms with Crippen molar-refractivity contribution in [3.05, 3.63) is 241 Å². The molecule has 0 radical (unpaired) electrons. The number of rotatable bonds is 7. The summed E-state index contributed by atoms with van der Waals surface area (Å²) in [6, 6.07) is 77.8. The highest BCUT2D eigenvalue weighted by Gasteiger charge is 2.23. The van der Waals surface area contributed by atoms with Crippen molar-refractivity contribution >= 4 is 49.3 Å². The van der Waals surface area contributed by atoms with E-state index in [9.17, 15) is 0 Å². The Morgan fingerprint density at radius 2 is 0.773 bits per heavy atom. The molecule has 0 fully saturated rings. The summed E-state index contributed by atoms with van der Waals surface area (Å²) in [5.74, 6) is 0. The van der Waals surface area contributed by atoms with Crippen LogP contribution in [0.3, 0.4) is 0 Å². The predicted molar refractivity (Wildman–Crippen MR) is 276 cm³/mol. The average molecular weight is 843 g/mol. The maximum absolute atomic E-state index is 8.88. The van der Waals surface area contributed by atoms with Gasteiger partial charge in [-0.1, -0.05) is 169 Å². The van der Waals surface area contributed by atoms with Gasteiger partial charge in [-0.25, -0.2) is 9.83 Å². The van der Waals surface area contributed by atoms with Gasteiger partial charge in [0.1, 0.15) is 0 Å². The van der Waals surface area contributed by atoms with Crippen molar-refractivity contribution in [2.24, 2.45) is 0 Å². The first kappa shape index (κ1) is 38.9. The second-order valence-corrected chi connectivity index (χ2v) is 17.2. The molecule has 12 aromatic rings. The Kier molecular flexibility index (Phi) is 9.29. The zero-order chi connectivity index (χ0) is 44.3. The Morgan fingerprint density at radius 3 is 1.26 bits per heavy atom. The largest absolute Gasteiger partial charge is 0.308 e. The molecule has 0 aliphatic carbocycles. The van der Waals surface area contributed by atoms with E-state index in [0.29, 0.717) is 5.69 Å². The topological polar surface area (TPSA) is 27.1 Å². The SMILES string of the molecule is [C-]#[N+]c1cc(-n2c3ccccc3c3cc(-c4cccc(C)c4)ccc32)c(-n2c3ccccc3c3cc(-c4cccc(C)c4)ccc32)cc1-c1cc(-c2ccccc2)nc(-c2ccccc2)c1. The van der Waals surface area contributed by atoms with Crippen molar-refractivity contribution in [3.63, 3.8) is 0 Å². The van der Waals surface area contributed by atoms with Crippen molar-refractivity contribution in [2.75, 3.05) is 0 Å². The van der Waals surface area contributed by atoms with E-state index in [1.807, 2.05) is 36.4 Å². The summed E-state index contributed by atoms with van der Waals surface area (Å²) in [5.41, 5.74) is 19.4. The van der Waals surface area contributed by atoms with E-state index >= 15 is 0 Å². The number of aromatic nitrogens is 3. The van der Waals surface area contributed by atoms with Gasteiger partial charge in [0, 0.05) is 32.7 Å². The Labute approximate surface area is 383 Å². The van der Waals surface area contributed by atoms with E-state index in [2.05, 4.69) is 210 Å². The first-order valence-electron chi connectivity index (χ1n) is 22.4. The van der Waals surface area contributed by atoms with Crippen LogP contribution in [0.15, 0.2) is 218 Å². The van der Waals surface area contributed by atoms with Gasteiger partial charge in [-0.05, 0) is 108 Å². The average Bonchev–Trinajstić information content (AvgIpc) is 3.88. The van der Waals surface area contributed by atoms with Gasteiger partial charge in [0.15, 0.2) is 5.69 Å². The molecule has 4 nitrogen and oxygen atoms in total. The molecule has 310 valence electrons. The summed E-state index contributed by atoms with van der Waals surface area (Å²) >= 11 is 0. The molecule has 12 rings (SSSR count). The summed E-state index contributed by atoms with van der Waals surface area (Å²) in [6.07, 6.45) is 0. The van der Waals surface area contributed by atoms with E-state index in [1.54, 1.807) is 0 Å². The number of hydrogen-bond donors (Lipinski definition) is 0. The van der Waals surface area contributed by atoms with Crippen LogP contribution in [0.5, 0.6) is 0 Å². The number of aryl methyl sites for hydroxylation is 2. The lowest BCUT2D eigenvalue weighted by molar-refractivity contribution is 1.10. The zero-order valence-corrected chi connectivity index (χ0v) is 36.6. The van der Waals surface area contributed by atoms with Gasteiger partial charge in [-0.2, -0.15) is 0 Å². The van der Waals surface area contributed by atoms with Gasteiger partial charge in [0.25, 0.3) is 0 Å². The third-order valence-corrected chi connectivity index (χ3v) is 13.0. The summed E-state index contributed by atoms with van der Waals surface area (Å²) < 4.78 is 4.79. The van der Waals surface area contributed by atoms with Crippen molar-refractivity contribution in [1.29, 1.82) is 0 Å². The number of para-hydroxylation sites is 2. The van der Waals surface area contributed by atoms with E-state index in [4.69, 9.17) is 11.6 Å². The van der Waals surface area contributed by atoms with E-state index < -0.39 is 0 Å². The minimum absolute atomic E-state index is 0.558. The van der Waals surface area contributed by atoms with Crippen LogP contribution >= 0.6 is 0 Å². The minimum Gasteiger partial charge on any atom is -0.308 e. The summed E-state index contributed by atoms with van der Waals surface area (Å²) in [7, 11) is 0. The molecule has 0 amide bonds. The highest BCUT2D eigenvalue weighted by molar-refractivity contribution is 6.13. The van der Waals surface area contributed by atoms with Crippen LogP contribution in [-0.4, -0.2) is 14.1 Å². The fraction of sp³-hybridized carbons (Fsp3) is 0.0323. The zero-order valence-electron chi connectivity index (χ0n) is 36.6. The van der Waals surface area contributed by atoms with Crippen LogP contribution in [0.2, 0.25) is 0 Å². The lowest BCUT2D eigenvalue weighted by atomic mass is 9.97. The standard InChI is InChI=1S/C62H42N4/c1-40-16-14-22-44(32-40)46-28-30-59-52(34-46)49-24-10-12-26-57(49)65(59)61-38-51(48-36-54(42-18-6-4-7-19-42)64-55(37-48)43-20-8-5-9-21-43)56(63-3)39-62(61)66-58-27-13-11-25-50(58)53-35-47(29-31-60(53)66)45-23-15-17-41(2)33-45/h4-39H,1-2H3. The lowest BCUT2D eigenvalue weighted by Gasteiger charge is -2.20. The third kappa shape index (κ3) is 6.57. The van der Waals surface area contributed by atoms with Crippen LogP contribution in [0.1, 0.15) is 11.1 Å². The highest BCUT2D eigenvalue weighted by atomic mass is 15.1. The highest BCUT2D eigenvalue weighted by Crippen LogP contribution is 2.45. The van der Waals surface area contributed by atoms with E-state index in [-0.39, 0.29) is 0 Å². The summed E-state index contributed by atoms with van der Waals surface area (Å²) in [5, 5.41) is 4.64. The van der Waals surface area contributed by atoms with Gasteiger partial charge in [-0.15, -0.1) is 0 Å². The molecule has 3 aromatic heterocycles. The minimum atomic E-state index is 0.558. The van der Waals surface area contributed by atoms with Crippen LogP contribution in [0.25, 0.3) is 116 Å². The molecule has 0 aliphatic rings. The molecule has 0 spiro atoms. The number of hydrogen-bond acceptors (Lipinski definition) is 1. The van der Waals surface area contributed by atoms with Crippen molar-refractivity contribution in [3.8, 4) is 67.3 Å². The molecule has 0 saturated heterocycles. The molecule has 0 saturated carbocycles. The number of fused-ring (bicyclic) bond motifs is 6. The van der Waals surface area contributed by atoms with Crippen LogP contribution < -0.4 is 0 Å². The fourth-order valence-corrected chi connectivity index (χ4v) is 9.92. The smallest absolute Gasteiger partial charge is 0.197 e. The maximum atomic E-state index is 8.88. The Balaban J connectivity index is 1.19. The molecule has 0 bridgehead atoms. The van der Waals surface area contributed by atoms with Crippen molar-refractivity contribution in [2.45, 2.75) is 13.8 Å². The fourth-order valence-electron chi connectivity index (χ4n) is 9.92. The maximum Gasteiger partial charge on any atom is 0.197 e. The summed E-state index contributed by atoms with van der Waals surface area (Å²) in [4.78, 5) is 9.57. The van der Waals surface area contributed by atoms with Crippen molar-refractivity contribution in [1.82, 2.24) is 14.1 Å². The van der Waals surface area contributed by atoms with Gasteiger partial charge in [0.2, 0.25) is 0 Å². The predicted octanol–water partition coefficient (Wildman–Crippen LogP) is 16.8. The number of pyridine rings is 1. The Morgan fingerprint density at radius 1 is 0.348 bits per heavy atom. The number of benzene rings is 9. The summed E-state index contributed by atoms with van der Waals surface area (Å²) in [6.45, 7) is 13.2. The van der Waals surface area contributed by atoms with E-state index in [0.717, 1.165) is 88.6 Å². The number of nitrogens with zero attached hydrogens (tertiary/aromatic N) is 4.